The zero-order chi connectivity index (χ0) is 11.4. The van der Waals surface area contributed by atoms with Crippen molar-refractivity contribution < 1.29 is 0 Å². The molecule has 2 aliphatic rings. The Morgan fingerprint density at radius 2 is 1.38 bits per heavy atom. The lowest BCUT2D eigenvalue weighted by Gasteiger charge is -2.31. The number of hydrogen-bond acceptors (Lipinski definition) is 2. The Morgan fingerprint density at radius 3 is 1.88 bits per heavy atom. The van der Waals surface area contributed by atoms with Gasteiger partial charge < -0.3 is 0 Å². The molecule has 0 saturated heterocycles. The highest BCUT2D eigenvalue weighted by Gasteiger charge is 2.25. The van der Waals surface area contributed by atoms with Crippen LogP contribution in [0.2, 0.25) is 0 Å². The minimum atomic E-state index is 0.365. The van der Waals surface area contributed by atoms with E-state index in [-0.39, 0.29) is 0 Å². The Bertz CT molecular complexity index is 242. The van der Waals surface area contributed by atoms with Crippen molar-refractivity contribution in [2.45, 2.75) is 63.0 Å². The van der Waals surface area contributed by atoms with E-state index < -0.39 is 0 Å². The molecule has 0 spiro atoms. The van der Waals surface area contributed by atoms with E-state index in [0.717, 1.165) is 24.7 Å². The second-order valence-electron chi connectivity index (χ2n) is 5.76. The summed E-state index contributed by atoms with van der Waals surface area (Å²) in [6.07, 6.45) is 11.8. The number of thiol groups is 1. The monoisotopic (exact) mass is 237 g/mol. The molecule has 2 rings (SSSR count). The van der Waals surface area contributed by atoms with Gasteiger partial charge in [0.2, 0.25) is 0 Å². The fourth-order valence-corrected chi connectivity index (χ4v) is 3.68. The van der Waals surface area contributed by atoms with Crippen LogP contribution in [0, 0.1) is 29.1 Å². The van der Waals surface area contributed by atoms with Gasteiger partial charge in [-0.05, 0) is 69.6 Å². The molecule has 0 radical (unpaired) electrons. The predicted molar refractivity (Wildman–Crippen MR) is 70.4 cm³/mol. The molecule has 90 valence electrons. The molecule has 0 amide bonds. The van der Waals surface area contributed by atoms with Crippen LogP contribution in [-0.4, -0.2) is 5.25 Å². The third kappa shape index (κ3) is 3.42. The van der Waals surface area contributed by atoms with Gasteiger partial charge in [0, 0.05) is 11.2 Å². The van der Waals surface area contributed by atoms with Gasteiger partial charge in [0.25, 0.3) is 0 Å². The summed E-state index contributed by atoms with van der Waals surface area (Å²) in [5.74, 6) is 2.25. The Labute approximate surface area is 105 Å². The average Bonchev–Trinajstić information content (AvgIpc) is 2.33. The van der Waals surface area contributed by atoms with Crippen LogP contribution in [0.1, 0.15) is 57.8 Å². The minimum absolute atomic E-state index is 0.365. The summed E-state index contributed by atoms with van der Waals surface area (Å²) in [6, 6.07) is 2.42. The largest absolute Gasteiger partial charge is 0.198 e. The highest BCUT2D eigenvalue weighted by Crippen LogP contribution is 2.37. The van der Waals surface area contributed by atoms with Gasteiger partial charge >= 0.3 is 0 Å². The average molecular weight is 237 g/mol. The molecule has 0 unspecified atom stereocenters. The minimum Gasteiger partial charge on any atom is -0.198 e. The van der Waals surface area contributed by atoms with Crippen molar-refractivity contribution in [1.29, 1.82) is 5.26 Å². The lowest BCUT2D eigenvalue weighted by molar-refractivity contribution is 0.231. The van der Waals surface area contributed by atoms with Gasteiger partial charge in [-0.3, -0.25) is 0 Å². The van der Waals surface area contributed by atoms with Gasteiger partial charge in [-0.25, -0.2) is 0 Å². The molecular formula is C14H23NS. The lowest BCUT2D eigenvalue weighted by atomic mass is 9.75. The molecule has 2 aliphatic carbocycles. The second kappa shape index (κ2) is 5.96. The van der Waals surface area contributed by atoms with Crippen molar-refractivity contribution in [3.63, 3.8) is 0 Å². The zero-order valence-electron chi connectivity index (χ0n) is 10.1. The molecule has 16 heavy (non-hydrogen) atoms. The van der Waals surface area contributed by atoms with Gasteiger partial charge in [0.05, 0.1) is 6.07 Å². The molecule has 0 aromatic rings. The van der Waals surface area contributed by atoms with E-state index in [1.165, 1.54) is 44.9 Å². The van der Waals surface area contributed by atoms with Crippen molar-refractivity contribution in [2.75, 3.05) is 0 Å². The van der Waals surface area contributed by atoms with Crippen molar-refractivity contribution in [3.05, 3.63) is 0 Å². The molecule has 0 aromatic heterocycles. The Hall–Kier alpha value is -0.160. The van der Waals surface area contributed by atoms with E-state index >= 15 is 0 Å². The van der Waals surface area contributed by atoms with Crippen molar-refractivity contribution in [1.82, 2.24) is 0 Å². The third-order valence-corrected chi connectivity index (χ3v) is 5.03. The smallest absolute Gasteiger partial charge is 0.0655 e. The molecule has 2 saturated carbocycles. The summed E-state index contributed by atoms with van der Waals surface area (Å²) in [5, 5.41) is 9.54. The zero-order valence-corrected chi connectivity index (χ0v) is 11.0. The highest BCUT2D eigenvalue weighted by molar-refractivity contribution is 7.80. The standard InChI is InChI=1S/C14H23NS/c15-10-13-3-1-11(2-4-13)9-12-5-7-14(16)8-6-12/h11-14,16H,1-9H2. The van der Waals surface area contributed by atoms with E-state index in [9.17, 15) is 0 Å². The van der Waals surface area contributed by atoms with Crippen molar-refractivity contribution >= 4 is 12.6 Å². The maximum atomic E-state index is 8.87. The molecule has 0 heterocycles. The molecule has 0 N–H and O–H groups in total. The van der Waals surface area contributed by atoms with Gasteiger partial charge in [-0.2, -0.15) is 17.9 Å². The van der Waals surface area contributed by atoms with E-state index in [2.05, 4.69) is 18.7 Å². The lowest BCUT2D eigenvalue weighted by Crippen LogP contribution is -2.20. The van der Waals surface area contributed by atoms with Crippen molar-refractivity contribution in [3.8, 4) is 6.07 Å². The normalized spacial score (nSPS) is 40.2. The maximum Gasteiger partial charge on any atom is 0.0655 e. The fraction of sp³-hybridized carbons (Fsp3) is 0.929. The van der Waals surface area contributed by atoms with E-state index in [1.54, 1.807) is 0 Å². The van der Waals surface area contributed by atoms with Crippen LogP contribution in [-0.2, 0) is 0 Å². The van der Waals surface area contributed by atoms with Crippen LogP contribution in [0.5, 0.6) is 0 Å². The topological polar surface area (TPSA) is 23.8 Å². The second-order valence-corrected chi connectivity index (χ2v) is 6.49. The molecular weight excluding hydrogens is 214 g/mol. The summed E-state index contributed by atoms with van der Waals surface area (Å²) in [6.45, 7) is 0. The van der Waals surface area contributed by atoms with Gasteiger partial charge in [-0.1, -0.05) is 0 Å². The molecule has 0 atom stereocenters. The highest BCUT2D eigenvalue weighted by atomic mass is 32.1. The number of nitriles is 1. The third-order valence-electron chi connectivity index (χ3n) is 4.51. The quantitative estimate of drug-likeness (QED) is 0.715. The van der Waals surface area contributed by atoms with Crippen LogP contribution in [0.15, 0.2) is 0 Å². The Balaban J connectivity index is 1.69. The van der Waals surface area contributed by atoms with Crippen LogP contribution in [0.25, 0.3) is 0 Å². The number of hydrogen-bond donors (Lipinski definition) is 1. The maximum absolute atomic E-state index is 8.87. The molecule has 0 aromatic carbocycles. The molecule has 2 fully saturated rings. The molecule has 0 aliphatic heterocycles. The van der Waals surface area contributed by atoms with Crippen LogP contribution >= 0.6 is 12.6 Å². The van der Waals surface area contributed by atoms with Gasteiger partial charge in [0.15, 0.2) is 0 Å². The van der Waals surface area contributed by atoms with Crippen molar-refractivity contribution in [2.24, 2.45) is 17.8 Å². The molecule has 1 nitrogen and oxygen atoms in total. The first-order valence-electron chi connectivity index (χ1n) is 6.85. The van der Waals surface area contributed by atoms with Gasteiger partial charge in [0.1, 0.15) is 0 Å². The summed E-state index contributed by atoms with van der Waals surface area (Å²) in [5.41, 5.74) is 0. The predicted octanol–water partition coefficient (Wildman–Crippen LogP) is 4.20. The fourth-order valence-electron chi connectivity index (χ4n) is 3.38. The molecule has 0 bridgehead atoms. The molecule has 2 heteroatoms. The summed E-state index contributed by atoms with van der Waals surface area (Å²) >= 11 is 4.56. The first-order chi connectivity index (χ1) is 7.78. The number of rotatable bonds is 2. The van der Waals surface area contributed by atoms with Crippen LogP contribution in [0.3, 0.4) is 0 Å². The van der Waals surface area contributed by atoms with Crippen LogP contribution < -0.4 is 0 Å². The number of nitrogens with zero attached hydrogens (tertiary/aromatic N) is 1. The van der Waals surface area contributed by atoms with E-state index in [4.69, 9.17) is 5.26 Å². The Kier molecular flexibility index (Phi) is 4.58. The summed E-state index contributed by atoms with van der Waals surface area (Å²) in [7, 11) is 0. The Morgan fingerprint density at radius 1 is 0.875 bits per heavy atom. The van der Waals surface area contributed by atoms with E-state index in [0.29, 0.717) is 11.2 Å². The summed E-state index contributed by atoms with van der Waals surface area (Å²) in [4.78, 5) is 0. The first kappa shape index (κ1) is 12.3. The first-order valence-corrected chi connectivity index (χ1v) is 7.37. The van der Waals surface area contributed by atoms with Gasteiger partial charge in [-0.15, -0.1) is 0 Å². The van der Waals surface area contributed by atoms with E-state index in [1.807, 2.05) is 0 Å². The SMILES string of the molecule is N#CC1CCC(CC2CCC(S)CC2)CC1. The van der Waals surface area contributed by atoms with Crippen LogP contribution in [0.4, 0.5) is 0 Å². The summed E-state index contributed by atoms with van der Waals surface area (Å²) < 4.78 is 0.